The molecule has 1 rings (SSSR count). The van der Waals surface area contributed by atoms with Crippen molar-refractivity contribution in [3.05, 3.63) is 0 Å². The Morgan fingerprint density at radius 3 is 1.80 bits per heavy atom. The van der Waals surface area contributed by atoms with E-state index in [-0.39, 0.29) is 6.10 Å². The van der Waals surface area contributed by atoms with Gasteiger partial charge in [0, 0.05) is 0 Å². The van der Waals surface area contributed by atoms with E-state index >= 15 is 0 Å². The lowest BCUT2D eigenvalue weighted by atomic mass is 10.0. The summed E-state index contributed by atoms with van der Waals surface area (Å²) in [5.41, 5.74) is 0. The van der Waals surface area contributed by atoms with Gasteiger partial charge in [0.2, 0.25) is 0 Å². The molecule has 1 aliphatic heterocycles. The first-order valence-corrected chi connectivity index (χ1v) is 8.66. The van der Waals surface area contributed by atoms with Gasteiger partial charge in [-0.15, -0.1) is 0 Å². The molecule has 1 fully saturated rings. The Bertz CT molecular complexity index is 240. The number of rotatable bonds is 13. The van der Waals surface area contributed by atoms with Gasteiger partial charge < -0.3 is 9.47 Å². The van der Waals surface area contributed by atoms with Crippen LogP contribution in [0.1, 0.15) is 90.4 Å². The number of carbonyl (C=O) groups is 1. The van der Waals surface area contributed by atoms with Gasteiger partial charge >= 0.3 is 6.16 Å². The third-order valence-electron chi connectivity index (χ3n) is 4.03. The third kappa shape index (κ3) is 9.22. The van der Waals surface area contributed by atoms with Crippen LogP contribution in [0.15, 0.2) is 0 Å². The number of hydrogen-bond acceptors (Lipinski definition) is 3. The van der Waals surface area contributed by atoms with Gasteiger partial charge in [-0.3, -0.25) is 0 Å². The fourth-order valence-corrected chi connectivity index (χ4v) is 2.72. The molecule has 20 heavy (non-hydrogen) atoms. The van der Waals surface area contributed by atoms with Crippen molar-refractivity contribution in [1.82, 2.24) is 0 Å². The molecule has 3 nitrogen and oxygen atoms in total. The molecule has 0 spiro atoms. The summed E-state index contributed by atoms with van der Waals surface area (Å²) < 4.78 is 9.76. The highest BCUT2D eigenvalue weighted by molar-refractivity contribution is 5.61. The molecule has 0 bridgehead atoms. The van der Waals surface area contributed by atoms with E-state index in [9.17, 15) is 4.79 Å². The van der Waals surface area contributed by atoms with Gasteiger partial charge in [-0.05, 0) is 12.8 Å². The predicted molar refractivity (Wildman–Crippen MR) is 81.9 cm³/mol. The molecule has 0 radical (unpaired) electrons. The Morgan fingerprint density at radius 2 is 1.35 bits per heavy atom. The molecule has 0 N–H and O–H groups in total. The summed E-state index contributed by atoms with van der Waals surface area (Å²) >= 11 is 0. The van der Waals surface area contributed by atoms with Crippen molar-refractivity contribution in [3.63, 3.8) is 0 Å². The minimum absolute atomic E-state index is 0.0191. The standard InChI is InChI=1S/C17H32O3/c1-2-3-4-5-6-7-8-9-10-11-12-13-14-16-15-19-17(18)20-16/h16H,2-15H2,1H3. The Hall–Kier alpha value is -0.730. The Balaban J connectivity index is 1.71. The molecule has 0 aliphatic carbocycles. The van der Waals surface area contributed by atoms with E-state index in [1.54, 1.807) is 0 Å². The molecule has 1 atom stereocenters. The van der Waals surface area contributed by atoms with E-state index in [1.165, 1.54) is 70.6 Å². The first-order valence-electron chi connectivity index (χ1n) is 8.66. The van der Waals surface area contributed by atoms with Crippen molar-refractivity contribution in [2.24, 2.45) is 0 Å². The van der Waals surface area contributed by atoms with Gasteiger partial charge in [0.25, 0.3) is 0 Å². The van der Waals surface area contributed by atoms with Crippen molar-refractivity contribution in [3.8, 4) is 0 Å². The molecule has 3 heteroatoms. The van der Waals surface area contributed by atoms with E-state index in [0.717, 1.165) is 12.8 Å². The number of hydrogen-bond donors (Lipinski definition) is 0. The zero-order valence-electron chi connectivity index (χ0n) is 13.2. The number of unbranched alkanes of at least 4 members (excludes halogenated alkanes) is 11. The fraction of sp³-hybridized carbons (Fsp3) is 0.941. The smallest absolute Gasteiger partial charge is 0.430 e. The Labute approximate surface area is 124 Å². The van der Waals surface area contributed by atoms with E-state index in [2.05, 4.69) is 6.92 Å². The van der Waals surface area contributed by atoms with Crippen LogP contribution in [0.25, 0.3) is 0 Å². The molecule has 0 saturated carbocycles. The molecule has 1 saturated heterocycles. The molecule has 0 aromatic heterocycles. The number of carbonyl (C=O) groups excluding carboxylic acids is 1. The number of ether oxygens (including phenoxy) is 2. The summed E-state index contributed by atoms with van der Waals surface area (Å²) in [7, 11) is 0. The van der Waals surface area contributed by atoms with Gasteiger partial charge in [0.1, 0.15) is 12.7 Å². The average molecular weight is 284 g/mol. The second-order valence-corrected chi connectivity index (χ2v) is 5.98. The quantitative estimate of drug-likeness (QED) is 0.325. The Kier molecular flexibility index (Phi) is 10.4. The van der Waals surface area contributed by atoms with Crippen molar-refractivity contribution >= 4 is 6.16 Å². The molecular weight excluding hydrogens is 252 g/mol. The van der Waals surface area contributed by atoms with Crippen LogP contribution in [0.3, 0.4) is 0 Å². The van der Waals surface area contributed by atoms with Gasteiger partial charge in [0.15, 0.2) is 0 Å². The summed E-state index contributed by atoms with van der Waals surface area (Å²) in [4.78, 5) is 10.7. The van der Waals surface area contributed by atoms with Gasteiger partial charge in [-0.25, -0.2) is 4.79 Å². The van der Waals surface area contributed by atoms with Gasteiger partial charge in [0.05, 0.1) is 0 Å². The molecule has 1 unspecified atom stereocenters. The topological polar surface area (TPSA) is 35.5 Å². The van der Waals surface area contributed by atoms with Crippen molar-refractivity contribution in [2.45, 2.75) is 96.5 Å². The second kappa shape index (κ2) is 12.0. The maximum absolute atomic E-state index is 10.7. The predicted octanol–water partition coefficient (Wildman–Crippen LogP) is 5.61. The van der Waals surface area contributed by atoms with Gasteiger partial charge in [-0.1, -0.05) is 77.6 Å². The highest BCUT2D eigenvalue weighted by Crippen LogP contribution is 2.16. The van der Waals surface area contributed by atoms with E-state index in [4.69, 9.17) is 9.47 Å². The summed E-state index contributed by atoms with van der Waals surface area (Å²) in [6.45, 7) is 2.72. The fourth-order valence-electron chi connectivity index (χ4n) is 2.72. The van der Waals surface area contributed by atoms with Crippen LogP contribution in [0, 0.1) is 0 Å². The molecular formula is C17H32O3. The van der Waals surface area contributed by atoms with Crippen LogP contribution < -0.4 is 0 Å². The van der Waals surface area contributed by atoms with Crippen LogP contribution in [0.4, 0.5) is 4.79 Å². The molecule has 0 aromatic carbocycles. The highest BCUT2D eigenvalue weighted by atomic mass is 16.8. The lowest BCUT2D eigenvalue weighted by molar-refractivity contribution is 0.115. The van der Waals surface area contributed by atoms with Gasteiger partial charge in [-0.2, -0.15) is 0 Å². The first kappa shape index (κ1) is 17.3. The van der Waals surface area contributed by atoms with E-state index in [1.807, 2.05) is 0 Å². The average Bonchev–Trinajstić information content (AvgIpc) is 2.86. The SMILES string of the molecule is CCCCCCCCCCCCCCC1COC(=O)O1. The van der Waals surface area contributed by atoms with Crippen LogP contribution in [0.5, 0.6) is 0 Å². The third-order valence-corrected chi connectivity index (χ3v) is 4.03. The monoisotopic (exact) mass is 284 g/mol. The second-order valence-electron chi connectivity index (χ2n) is 5.98. The van der Waals surface area contributed by atoms with E-state index in [0.29, 0.717) is 6.61 Å². The minimum Gasteiger partial charge on any atom is -0.430 e. The van der Waals surface area contributed by atoms with E-state index < -0.39 is 6.16 Å². The maximum Gasteiger partial charge on any atom is 0.508 e. The van der Waals surface area contributed by atoms with Crippen LogP contribution >= 0.6 is 0 Å². The summed E-state index contributed by atoms with van der Waals surface area (Å²) in [6, 6.07) is 0. The molecule has 0 amide bonds. The minimum atomic E-state index is -0.492. The van der Waals surface area contributed by atoms with Crippen LogP contribution in [-0.4, -0.2) is 18.9 Å². The largest absolute Gasteiger partial charge is 0.508 e. The Morgan fingerprint density at radius 1 is 0.850 bits per heavy atom. The summed E-state index contributed by atoms with van der Waals surface area (Å²) in [5.74, 6) is 0. The van der Waals surface area contributed by atoms with Crippen molar-refractivity contribution < 1.29 is 14.3 Å². The molecule has 1 aliphatic rings. The zero-order valence-corrected chi connectivity index (χ0v) is 13.2. The van der Waals surface area contributed by atoms with Crippen molar-refractivity contribution in [1.29, 1.82) is 0 Å². The zero-order chi connectivity index (χ0) is 14.5. The summed E-state index contributed by atoms with van der Waals surface area (Å²) in [6.07, 6.45) is 16.8. The maximum atomic E-state index is 10.7. The highest BCUT2D eigenvalue weighted by Gasteiger charge is 2.23. The molecule has 118 valence electrons. The lowest BCUT2D eigenvalue weighted by Gasteiger charge is -2.05. The summed E-state index contributed by atoms with van der Waals surface area (Å²) in [5, 5.41) is 0. The first-order chi connectivity index (χ1) is 9.83. The number of cyclic esters (lactones) is 2. The van der Waals surface area contributed by atoms with Crippen molar-refractivity contribution in [2.75, 3.05) is 6.61 Å². The van der Waals surface area contributed by atoms with Crippen LogP contribution in [0.2, 0.25) is 0 Å². The molecule has 1 heterocycles. The molecule has 0 aromatic rings. The normalized spacial score (nSPS) is 18.1. The lowest BCUT2D eigenvalue weighted by Crippen LogP contribution is -2.09. The van der Waals surface area contributed by atoms with Crippen LogP contribution in [-0.2, 0) is 9.47 Å².